The Morgan fingerprint density at radius 2 is 1.78 bits per heavy atom. The van der Waals surface area contributed by atoms with Crippen molar-refractivity contribution in [1.29, 1.82) is 0 Å². The maximum atomic E-state index is 5.39. The molecule has 2 N–H and O–H groups in total. The van der Waals surface area contributed by atoms with Crippen molar-refractivity contribution in [2.24, 2.45) is 4.99 Å². The fourth-order valence-corrected chi connectivity index (χ4v) is 1.79. The third kappa shape index (κ3) is 9.00. The highest BCUT2D eigenvalue weighted by atomic mass is 127. The van der Waals surface area contributed by atoms with E-state index in [0.717, 1.165) is 31.2 Å². The molecular formula is C17H30IN3O2. The first-order valence-electron chi connectivity index (χ1n) is 7.71. The molecule has 1 rings (SSSR count). The fourth-order valence-electron chi connectivity index (χ4n) is 1.79. The van der Waals surface area contributed by atoms with Crippen molar-refractivity contribution in [3.8, 4) is 5.75 Å². The second-order valence-corrected chi connectivity index (χ2v) is 5.68. The predicted molar refractivity (Wildman–Crippen MR) is 107 cm³/mol. The second kappa shape index (κ2) is 11.5. The van der Waals surface area contributed by atoms with E-state index in [2.05, 4.69) is 34.7 Å². The van der Waals surface area contributed by atoms with Crippen LogP contribution in [0.1, 0.15) is 26.3 Å². The van der Waals surface area contributed by atoms with Crippen molar-refractivity contribution >= 4 is 29.9 Å². The fraction of sp³-hybridized carbons (Fsp3) is 0.588. The van der Waals surface area contributed by atoms with E-state index >= 15 is 0 Å². The van der Waals surface area contributed by atoms with Gasteiger partial charge in [-0.1, -0.05) is 12.1 Å². The van der Waals surface area contributed by atoms with Crippen LogP contribution >= 0.6 is 24.0 Å². The van der Waals surface area contributed by atoms with Crippen LogP contribution < -0.4 is 15.4 Å². The number of benzene rings is 1. The smallest absolute Gasteiger partial charge is 0.191 e. The molecule has 0 aromatic heterocycles. The van der Waals surface area contributed by atoms with E-state index in [-0.39, 0.29) is 29.6 Å². The van der Waals surface area contributed by atoms with Gasteiger partial charge in [0, 0.05) is 20.2 Å². The van der Waals surface area contributed by atoms with Gasteiger partial charge >= 0.3 is 0 Å². The van der Waals surface area contributed by atoms with Crippen LogP contribution in [-0.4, -0.2) is 45.4 Å². The summed E-state index contributed by atoms with van der Waals surface area (Å²) in [6, 6.07) is 8.13. The van der Waals surface area contributed by atoms with Gasteiger partial charge in [-0.2, -0.15) is 0 Å². The first-order valence-corrected chi connectivity index (χ1v) is 7.71. The summed E-state index contributed by atoms with van der Waals surface area (Å²) in [5.74, 6) is 1.70. The zero-order valence-corrected chi connectivity index (χ0v) is 17.1. The molecule has 132 valence electrons. The Morgan fingerprint density at radius 1 is 1.13 bits per heavy atom. The highest BCUT2D eigenvalue weighted by Crippen LogP contribution is 2.11. The monoisotopic (exact) mass is 435 g/mol. The third-order valence-electron chi connectivity index (χ3n) is 3.38. The largest absolute Gasteiger partial charge is 0.497 e. The zero-order chi connectivity index (χ0) is 16.4. The highest BCUT2D eigenvalue weighted by Gasteiger charge is 2.15. The molecule has 0 saturated carbocycles. The molecule has 0 radical (unpaired) electrons. The zero-order valence-electron chi connectivity index (χ0n) is 14.8. The molecule has 6 heteroatoms. The summed E-state index contributed by atoms with van der Waals surface area (Å²) in [5, 5.41) is 6.59. The van der Waals surface area contributed by atoms with Crippen molar-refractivity contribution in [2.75, 3.05) is 33.9 Å². The first kappa shape index (κ1) is 22.0. The van der Waals surface area contributed by atoms with Crippen LogP contribution in [0.2, 0.25) is 0 Å². The normalized spacial score (nSPS) is 11.6. The molecule has 1 aromatic carbocycles. The summed E-state index contributed by atoms with van der Waals surface area (Å²) >= 11 is 0. The van der Waals surface area contributed by atoms with E-state index in [9.17, 15) is 0 Å². The summed E-state index contributed by atoms with van der Waals surface area (Å²) in [6.45, 7) is 8.38. The Labute approximate surface area is 157 Å². The van der Waals surface area contributed by atoms with Gasteiger partial charge in [-0.3, -0.25) is 4.99 Å². The van der Waals surface area contributed by atoms with Crippen LogP contribution in [-0.2, 0) is 11.2 Å². The van der Waals surface area contributed by atoms with Crippen LogP contribution in [0.25, 0.3) is 0 Å². The van der Waals surface area contributed by atoms with Gasteiger partial charge in [0.2, 0.25) is 0 Å². The molecule has 1 aromatic rings. The Hall–Kier alpha value is -1.02. The minimum Gasteiger partial charge on any atom is -0.497 e. The van der Waals surface area contributed by atoms with Crippen molar-refractivity contribution in [3.63, 3.8) is 0 Å². The molecule has 0 bridgehead atoms. The molecule has 0 amide bonds. The lowest BCUT2D eigenvalue weighted by atomic mass is 10.1. The lowest BCUT2D eigenvalue weighted by Crippen LogP contribution is -2.40. The van der Waals surface area contributed by atoms with Gasteiger partial charge in [-0.05, 0) is 44.9 Å². The average molecular weight is 435 g/mol. The van der Waals surface area contributed by atoms with E-state index in [1.165, 1.54) is 5.56 Å². The predicted octanol–water partition coefficient (Wildman–Crippen LogP) is 2.84. The summed E-state index contributed by atoms with van der Waals surface area (Å²) in [6.07, 6.45) is 0.933. The average Bonchev–Trinajstić information content (AvgIpc) is 2.53. The number of nitrogens with one attached hydrogen (secondary N) is 2. The standard InChI is InChI=1S/C17H29N3O2.HI/c1-6-18-16(20-13-17(2,3)22-5)19-12-11-14-7-9-15(21-4)10-8-14;/h7-10H,6,11-13H2,1-5H3,(H2,18,19,20);1H. The number of guanidine groups is 1. The highest BCUT2D eigenvalue weighted by molar-refractivity contribution is 14.0. The van der Waals surface area contributed by atoms with Gasteiger partial charge in [0.25, 0.3) is 0 Å². The van der Waals surface area contributed by atoms with Gasteiger partial charge in [-0.25, -0.2) is 0 Å². The minimum absolute atomic E-state index is 0. The van der Waals surface area contributed by atoms with Crippen LogP contribution in [0, 0.1) is 0 Å². The first-order chi connectivity index (χ1) is 10.5. The number of rotatable bonds is 8. The molecule has 0 aliphatic heterocycles. The van der Waals surface area contributed by atoms with E-state index < -0.39 is 0 Å². The third-order valence-corrected chi connectivity index (χ3v) is 3.38. The number of nitrogens with zero attached hydrogens (tertiary/aromatic N) is 1. The number of hydrogen-bond donors (Lipinski definition) is 2. The number of ether oxygens (including phenoxy) is 2. The van der Waals surface area contributed by atoms with E-state index in [0.29, 0.717) is 6.54 Å². The molecule has 0 unspecified atom stereocenters. The van der Waals surface area contributed by atoms with E-state index in [1.54, 1.807) is 14.2 Å². The van der Waals surface area contributed by atoms with Crippen LogP contribution in [0.5, 0.6) is 5.75 Å². The summed E-state index contributed by atoms with van der Waals surface area (Å²) in [5.41, 5.74) is 1.01. The molecular weight excluding hydrogens is 405 g/mol. The number of halogens is 1. The number of hydrogen-bond acceptors (Lipinski definition) is 3. The van der Waals surface area contributed by atoms with Crippen molar-refractivity contribution in [1.82, 2.24) is 10.6 Å². The van der Waals surface area contributed by atoms with Crippen LogP contribution in [0.4, 0.5) is 0 Å². The van der Waals surface area contributed by atoms with Crippen molar-refractivity contribution in [3.05, 3.63) is 29.8 Å². The van der Waals surface area contributed by atoms with Crippen molar-refractivity contribution in [2.45, 2.75) is 32.8 Å². The molecule has 5 nitrogen and oxygen atoms in total. The number of aliphatic imine (C=N–C) groups is 1. The maximum Gasteiger partial charge on any atom is 0.191 e. The Morgan fingerprint density at radius 3 is 2.30 bits per heavy atom. The molecule has 0 spiro atoms. The number of methoxy groups -OCH3 is 2. The molecule has 0 aliphatic carbocycles. The van der Waals surface area contributed by atoms with Gasteiger partial charge in [0.1, 0.15) is 5.75 Å². The Bertz CT molecular complexity index is 461. The Balaban J connectivity index is 0.00000484. The van der Waals surface area contributed by atoms with Crippen LogP contribution in [0.3, 0.4) is 0 Å². The van der Waals surface area contributed by atoms with Crippen molar-refractivity contribution < 1.29 is 9.47 Å². The lowest BCUT2D eigenvalue weighted by Gasteiger charge is -2.21. The molecule has 0 fully saturated rings. The summed E-state index contributed by atoms with van der Waals surface area (Å²) in [7, 11) is 3.39. The topological polar surface area (TPSA) is 54.9 Å². The van der Waals surface area contributed by atoms with Crippen LogP contribution in [0.15, 0.2) is 29.3 Å². The van der Waals surface area contributed by atoms with Gasteiger partial charge in [0.05, 0.1) is 19.3 Å². The minimum atomic E-state index is -0.252. The molecule has 0 aliphatic rings. The molecule has 0 atom stereocenters. The molecule has 0 heterocycles. The van der Waals surface area contributed by atoms with Gasteiger partial charge < -0.3 is 20.1 Å². The maximum absolute atomic E-state index is 5.39. The summed E-state index contributed by atoms with van der Waals surface area (Å²) < 4.78 is 10.5. The van der Waals surface area contributed by atoms with E-state index in [1.807, 2.05) is 26.0 Å². The molecule has 23 heavy (non-hydrogen) atoms. The summed E-state index contributed by atoms with van der Waals surface area (Å²) in [4.78, 5) is 4.56. The van der Waals surface area contributed by atoms with Gasteiger partial charge in [-0.15, -0.1) is 24.0 Å². The SMILES string of the molecule is CCNC(=NCC(C)(C)OC)NCCc1ccc(OC)cc1.I. The lowest BCUT2D eigenvalue weighted by molar-refractivity contribution is 0.0310. The Kier molecular flexibility index (Phi) is 11.0. The van der Waals surface area contributed by atoms with Gasteiger partial charge in [0.15, 0.2) is 5.96 Å². The molecule has 0 saturated heterocycles. The second-order valence-electron chi connectivity index (χ2n) is 5.68. The quantitative estimate of drug-likeness (QED) is 0.375. The van der Waals surface area contributed by atoms with E-state index in [4.69, 9.17) is 9.47 Å².